The van der Waals surface area contributed by atoms with E-state index in [9.17, 15) is 0 Å². The van der Waals surface area contributed by atoms with Gasteiger partial charge >= 0.3 is 0 Å². The summed E-state index contributed by atoms with van der Waals surface area (Å²) >= 11 is 3.55. The topological polar surface area (TPSA) is 37.8 Å². The first-order chi connectivity index (χ1) is 7.59. The van der Waals surface area contributed by atoms with Gasteiger partial charge < -0.3 is 5.32 Å². The van der Waals surface area contributed by atoms with Crippen molar-refractivity contribution in [3.05, 3.63) is 5.82 Å². The molecule has 0 aromatic carbocycles. The van der Waals surface area contributed by atoms with Gasteiger partial charge in [-0.25, -0.2) is 4.98 Å². The van der Waals surface area contributed by atoms with Crippen LogP contribution in [0, 0.1) is 0 Å². The summed E-state index contributed by atoms with van der Waals surface area (Å²) in [6.45, 7) is 7.59. The molecule has 2 rings (SSSR count). The molecule has 16 heavy (non-hydrogen) atoms. The Morgan fingerprint density at radius 2 is 2.31 bits per heavy atom. The monoisotopic (exact) mass is 257 g/mol. The van der Waals surface area contributed by atoms with Crippen LogP contribution in [0.4, 0.5) is 5.13 Å². The van der Waals surface area contributed by atoms with Crippen molar-refractivity contribution in [2.24, 2.45) is 0 Å². The second kappa shape index (κ2) is 4.92. The van der Waals surface area contributed by atoms with E-state index in [1.54, 1.807) is 0 Å². The molecule has 1 aromatic rings. The van der Waals surface area contributed by atoms with E-state index < -0.39 is 0 Å². The summed E-state index contributed by atoms with van der Waals surface area (Å²) < 4.78 is 4.74. The molecule has 1 unspecified atom stereocenters. The summed E-state index contributed by atoms with van der Waals surface area (Å²) in [6.07, 6.45) is 2.65. The largest absolute Gasteiger partial charge is 0.359 e. The predicted molar refractivity (Wildman–Crippen MR) is 72.6 cm³/mol. The van der Waals surface area contributed by atoms with Crippen molar-refractivity contribution in [2.45, 2.75) is 44.3 Å². The van der Waals surface area contributed by atoms with Gasteiger partial charge in [0.15, 0.2) is 0 Å². The lowest BCUT2D eigenvalue weighted by Gasteiger charge is -2.22. The molecule has 0 radical (unpaired) electrons. The molecule has 2 heterocycles. The first-order valence-electron chi connectivity index (χ1n) is 5.80. The Morgan fingerprint density at radius 3 is 2.88 bits per heavy atom. The maximum Gasteiger partial charge on any atom is 0.202 e. The molecule has 1 fully saturated rings. The quantitative estimate of drug-likeness (QED) is 0.897. The van der Waals surface area contributed by atoms with Crippen molar-refractivity contribution >= 4 is 28.4 Å². The predicted octanol–water partition coefficient (Wildman–Crippen LogP) is 3.36. The van der Waals surface area contributed by atoms with Gasteiger partial charge in [-0.05, 0) is 25.5 Å². The van der Waals surface area contributed by atoms with Gasteiger partial charge in [-0.15, -0.1) is 0 Å². The average Bonchev–Trinajstić information content (AvgIpc) is 2.84. The molecule has 5 heteroatoms. The lowest BCUT2D eigenvalue weighted by Crippen LogP contribution is -2.26. The van der Waals surface area contributed by atoms with Gasteiger partial charge in [0.05, 0.1) is 0 Å². The van der Waals surface area contributed by atoms with Crippen LogP contribution >= 0.6 is 23.3 Å². The van der Waals surface area contributed by atoms with Gasteiger partial charge in [0.2, 0.25) is 5.13 Å². The van der Waals surface area contributed by atoms with Crippen molar-refractivity contribution in [1.82, 2.24) is 9.36 Å². The Hall–Kier alpha value is -0.290. The van der Waals surface area contributed by atoms with E-state index >= 15 is 0 Å². The Labute approximate surface area is 106 Å². The summed E-state index contributed by atoms with van der Waals surface area (Å²) in [6, 6.07) is 0. The molecule has 3 nitrogen and oxygen atoms in total. The molecule has 0 spiro atoms. The zero-order chi connectivity index (χ0) is 11.6. The van der Waals surface area contributed by atoms with Crippen LogP contribution < -0.4 is 5.32 Å². The van der Waals surface area contributed by atoms with Crippen molar-refractivity contribution in [3.8, 4) is 0 Å². The first kappa shape index (κ1) is 12.2. The minimum absolute atomic E-state index is 0.393. The minimum Gasteiger partial charge on any atom is -0.359 e. The lowest BCUT2D eigenvalue weighted by molar-refractivity contribution is 0.634. The van der Waals surface area contributed by atoms with Crippen LogP contribution in [0.2, 0.25) is 0 Å². The third kappa shape index (κ3) is 2.88. The second-order valence-corrected chi connectivity index (χ2v) is 7.30. The fraction of sp³-hybridized carbons (Fsp3) is 0.818. The van der Waals surface area contributed by atoms with Gasteiger partial charge in [0.25, 0.3) is 0 Å². The number of anilines is 1. The molecule has 0 bridgehead atoms. The van der Waals surface area contributed by atoms with Crippen LogP contribution in [0.15, 0.2) is 0 Å². The van der Waals surface area contributed by atoms with E-state index in [0.717, 1.165) is 17.5 Å². The van der Waals surface area contributed by atoms with Gasteiger partial charge in [0, 0.05) is 28.7 Å². The highest BCUT2D eigenvalue weighted by Crippen LogP contribution is 2.37. The van der Waals surface area contributed by atoms with Crippen molar-refractivity contribution in [2.75, 3.05) is 17.6 Å². The zero-order valence-electron chi connectivity index (χ0n) is 10.1. The fourth-order valence-electron chi connectivity index (χ4n) is 1.78. The van der Waals surface area contributed by atoms with Gasteiger partial charge in [-0.2, -0.15) is 16.1 Å². The van der Waals surface area contributed by atoms with Crippen molar-refractivity contribution in [3.63, 3.8) is 0 Å². The third-order valence-electron chi connectivity index (χ3n) is 2.87. The number of rotatable bonds is 4. The maximum absolute atomic E-state index is 4.49. The first-order valence-corrected chi connectivity index (χ1v) is 7.56. The van der Waals surface area contributed by atoms with Crippen LogP contribution in [0.3, 0.4) is 0 Å². The van der Waals surface area contributed by atoms with Crippen LogP contribution in [0.1, 0.15) is 45.4 Å². The third-order valence-corrected chi connectivity index (χ3v) is 5.10. The van der Waals surface area contributed by atoms with E-state index in [4.69, 9.17) is 0 Å². The lowest BCUT2D eigenvalue weighted by atomic mass is 10.1. The van der Waals surface area contributed by atoms with Crippen molar-refractivity contribution in [1.29, 1.82) is 0 Å². The zero-order valence-corrected chi connectivity index (χ0v) is 11.7. The number of nitrogens with zero attached hydrogens (tertiary/aromatic N) is 2. The molecule has 1 atom stereocenters. The molecule has 0 amide bonds. The van der Waals surface area contributed by atoms with Gasteiger partial charge in [-0.1, -0.05) is 13.8 Å². The fourth-order valence-corrected chi connectivity index (χ4v) is 3.73. The Balaban J connectivity index is 1.89. The highest BCUT2D eigenvalue weighted by atomic mass is 32.2. The van der Waals surface area contributed by atoms with E-state index in [1.165, 1.54) is 30.1 Å². The minimum atomic E-state index is 0.393. The Bertz CT molecular complexity index is 343. The molecule has 1 aliphatic heterocycles. The number of thioether (sulfide) groups is 1. The maximum atomic E-state index is 4.49. The Morgan fingerprint density at radius 1 is 1.50 bits per heavy atom. The summed E-state index contributed by atoms with van der Waals surface area (Å²) in [5, 5.41) is 4.40. The molecule has 1 aliphatic rings. The molecule has 1 aromatic heterocycles. The standard InChI is InChI=1S/C11H19N3S2/c1-8(2)9-13-10(16-14-9)12-7-11(3)5-4-6-15-11/h8H,4-7H2,1-3H3,(H,12,13,14). The molecular formula is C11H19N3S2. The average molecular weight is 257 g/mol. The number of nitrogens with one attached hydrogen (secondary N) is 1. The SMILES string of the molecule is CC(C)c1nsc(NCC2(C)CCCS2)n1. The summed E-state index contributed by atoms with van der Waals surface area (Å²) in [4.78, 5) is 4.49. The summed E-state index contributed by atoms with van der Waals surface area (Å²) in [5.74, 6) is 2.67. The van der Waals surface area contributed by atoms with Crippen LogP contribution in [0.5, 0.6) is 0 Å². The molecule has 0 aliphatic carbocycles. The summed E-state index contributed by atoms with van der Waals surface area (Å²) in [5.41, 5.74) is 0. The molecule has 90 valence electrons. The molecule has 1 saturated heterocycles. The van der Waals surface area contributed by atoms with E-state index in [1.807, 2.05) is 0 Å². The normalized spacial score (nSPS) is 25.2. The molecule has 0 saturated carbocycles. The second-order valence-electron chi connectivity index (χ2n) is 4.87. The smallest absolute Gasteiger partial charge is 0.202 e. The molecular weight excluding hydrogens is 238 g/mol. The van der Waals surface area contributed by atoms with Gasteiger partial charge in [0.1, 0.15) is 5.82 Å². The van der Waals surface area contributed by atoms with Crippen LogP contribution in [-0.2, 0) is 0 Å². The highest BCUT2D eigenvalue weighted by Gasteiger charge is 2.29. The van der Waals surface area contributed by atoms with Crippen LogP contribution in [0.25, 0.3) is 0 Å². The number of hydrogen-bond acceptors (Lipinski definition) is 5. The number of hydrogen-bond donors (Lipinski definition) is 1. The van der Waals surface area contributed by atoms with Crippen LogP contribution in [-0.4, -0.2) is 26.4 Å². The van der Waals surface area contributed by atoms with Gasteiger partial charge in [-0.3, -0.25) is 0 Å². The van der Waals surface area contributed by atoms with Crippen molar-refractivity contribution < 1.29 is 0 Å². The highest BCUT2D eigenvalue weighted by molar-refractivity contribution is 8.00. The van der Waals surface area contributed by atoms with E-state index in [-0.39, 0.29) is 0 Å². The van der Waals surface area contributed by atoms with E-state index in [0.29, 0.717) is 10.7 Å². The summed E-state index contributed by atoms with van der Waals surface area (Å²) in [7, 11) is 0. The number of aromatic nitrogens is 2. The Kier molecular flexibility index (Phi) is 3.74. The van der Waals surface area contributed by atoms with E-state index in [2.05, 4.69) is 47.2 Å². The molecule has 1 N–H and O–H groups in total.